The Hall–Kier alpha value is -3.47. The van der Waals surface area contributed by atoms with E-state index in [-0.39, 0.29) is 29.3 Å². The number of phenolic OH excluding ortho intramolecular Hbond substituents is 1. The fraction of sp³-hybridized carbons (Fsp3) is 0.462. The molecule has 4 heterocycles. The van der Waals surface area contributed by atoms with Crippen molar-refractivity contribution in [3.63, 3.8) is 0 Å². The highest BCUT2D eigenvalue weighted by Crippen LogP contribution is 2.46. The molecule has 1 aromatic carbocycles. The van der Waals surface area contributed by atoms with Crippen molar-refractivity contribution < 1.29 is 18.3 Å². The summed E-state index contributed by atoms with van der Waals surface area (Å²) in [5.74, 6) is -1.35. The van der Waals surface area contributed by atoms with Crippen molar-refractivity contribution in [2.75, 3.05) is 4.90 Å². The molecular weight excluding hydrogens is 485 g/mol. The largest absolute Gasteiger partial charge is 0.507 e. The molecule has 2 bridgehead atoms. The number of anilines is 1. The molecular formula is C26H27F3N6O2. The number of aryl methyl sites for hydroxylation is 1. The number of halogens is 3. The maximum atomic E-state index is 14.2. The van der Waals surface area contributed by atoms with Crippen LogP contribution in [-0.2, 0) is 7.05 Å². The first kappa shape index (κ1) is 23.9. The number of fused-ring (bicyclic) bond motifs is 2. The molecule has 4 atom stereocenters. The summed E-state index contributed by atoms with van der Waals surface area (Å²) in [5.41, 5.74) is 1.87. The molecule has 37 heavy (non-hydrogen) atoms. The first-order chi connectivity index (χ1) is 17.7. The summed E-state index contributed by atoms with van der Waals surface area (Å²) in [7, 11) is 1.66. The molecule has 0 radical (unpaired) electrons. The Kier molecular flexibility index (Phi) is 5.70. The Labute approximate surface area is 211 Å². The van der Waals surface area contributed by atoms with Crippen LogP contribution in [-0.4, -0.2) is 55.2 Å². The van der Waals surface area contributed by atoms with Gasteiger partial charge in [-0.3, -0.25) is 4.79 Å². The number of phenols is 1. The minimum absolute atomic E-state index is 0.0220. The summed E-state index contributed by atoms with van der Waals surface area (Å²) in [6, 6.07) is 6.95. The zero-order valence-corrected chi connectivity index (χ0v) is 20.2. The van der Waals surface area contributed by atoms with E-state index in [0.29, 0.717) is 35.2 Å². The van der Waals surface area contributed by atoms with Gasteiger partial charge in [-0.25, -0.2) is 4.98 Å². The Bertz CT molecular complexity index is 1370. The highest BCUT2D eigenvalue weighted by molar-refractivity contribution is 5.73. The minimum Gasteiger partial charge on any atom is -0.507 e. The second kappa shape index (κ2) is 8.83. The quantitative estimate of drug-likeness (QED) is 0.539. The number of alkyl halides is 3. The standard InChI is InChI=1S/C26H27F3N6O2/c1-34-9-8-15(11-23(34)37)14-2-6-18(22(36)10-14)20-13-30-25(33-32-20)35(17-4-5-17)21-12-16-3-7-19(31-16)24(21)26(27,28)29/h2,6,8-11,13,16-17,19,21,24,31,36H,3-5,7,12H2,1H3/t16-,19-,21+,24-/m0/s1. The average molecular weight is 513 g/mol. The van der Waals surface area contributed by atoms with Gasteiger partial charge in [-0.15, -0.1) is 10.2 Å². The fourth-order valence-corrected chi connectivity index (χ4v) is 5.86. The van der Waals surface area contributed by atoms with Crippen molar-refractivity contribution in [3.05, 3.63) is 53.1 Å². The third-order valence-corrected chi connectivity index (χ3v) is 7.82. The molecule has 0 spiro atoms. The molecule has 3 fully saturated rings. The summed E-state index contributed by atoms with van der Waals surface area (Å²) in [6.45, 7) is 0. The smallest absolute Gasteiger partial charge is 0.395 e. The topological polar surface area (TPSA) is 96.2 Å². The van der Waals surface area contributed by atoms with Gasteiger partial charge in [0.2, 0.25) is 5.95 Å². The monoisotopic (exact) mass is 512 g/mol. The van der Waals surface area contributed by atoms with Crippen molar-refractivity contribution in [2.24, 2.45) is 13.0 Å². The van der Waals surface area contributed by atoms with Crippen LogP contribution < -0.4 is 15.8 Å². The summed E-state index contributed by atoms with van der Waals surface area (Å²) < 4.78 is 43.9. The predicted molar refractivity (Wildman–Crippen MR) is 131 cm³/mol. The Morgan fingerprint density at radius 2 is 1.86 bits per heavy atom. The molecule has 8 nitrogen and oxygen atoms in total. The van der Waals surface area contributed by atoms with Gasteiger partial charge in [-0.1, -0.05) is 6.07 Å². The van der Waals surface area contributed by atoms with E-state index in [1.807, 2.05) is 0 Å². The lowest BCUT2D eigenvalue weighted by Gasteiger charge is -2.44. The van der Waals surface area contributed by atoms with Crippen molar-refractivity contribution in [1.82, 2.24) is 25.1 Å². The minimum atomic E-state index is -4.32. The number of hydrogen-bond donors (Lipinski definition) is 2. The molecule has 0 amide bonds. The lowest BCUT2D eigenvalue weighted by molar-refractivity contribution is -0.191. The summed E-state index contributed by atoms with van der Waals surface area (Å²) in [6.07, 6.45) is 2.05. The molecule has 2 N–H and O–H groups in total. The van der Waals surface area contributed by atoms with Crippen LogP contribution in [0.25, 0.3) is 22.4 Å². The van der Waals surface area contributed by atoms with Gasteiger partial charge in [-0.05, 0) is 61.4 Å². The molecule has 2 aromatic heterocycles. The van der Waals surface area contributed by atoms with Crippen LogP contribution in [0.15, 0.2) is 47.5 Å². The molecule has 3 aromatic rings. The predicted octanol–water partition coefficient (Wildman–Crippen LogP) is 3.65. The van der Waals surface area contributed by atoms with Crippen molar-refractivity contribution >= 4 is 5.95 Å². The van der Waals surface area contributed by atoms with Crippen molar-refractivity contribution in [3.8, 4) is 28.1 Å². The first-order valence-electron chi connectivity index (χ1n) is 12.5. The van der Waals surface area contributed by atoms with E-state index in [4.69, 9.17) is 0 Å². The summed E-state index contributed by atoms with van der Waals surface area (Å²) in [5, 5.41) is 22.3. The fourth-order valence-electron chi connectivity index (χ4n) is 5.86. The molecule has 6 rings (SSSR count). The zero-order valence-electron chi connectivity index (χ0n) is 20.2. The van der Waals surface area contributed by atoms with Gasteiger partial charge in [0, 0.05) is 49.0 Å². The van der Waals surface area contributed by atoms with Crippen LogP contribution in [0.2, 0.25) is 0 Å². The normalized spacial score (nSPS) is 25.3. The van der Waals surface area contributed by atoms with E-state index in [2.05, 4.69) is 20.5 Å². The number of piperidine rings is 1. The van der Waals surface area contributed by atoms with E-state index in [1.165, 1.54) is 22.9 Å². The van der Waals surface area contributed by atoms with E-state index >= 15 is 0 Å². The maximum absolute atomic E-state index is 14.2. The van der Waals surface area contributed by atoms with Gasteiger partial charge < -0.3 is 19.9 Å². The van der Waals surface area contributed by atoms with Gasteiger partial charge in [-0.2, -0.15) is 13.2 Å². The lowest BCUT2D eigenvalue weighted by Crippen LogP contribution is -2.60. The van der Waals surface area contributed by atoms with Gasteiger partial charge in [0.15, 0.2) is 0 Å². The van der Waals surface area contributed by atoms with E-state index in [9.17, 15) is 23.1 Å². The summed E-state index contributed by atoms with van der Waals surface area (Å²) >= 11 is 0. The van der Waals surface area contributed by atoms with Gasteiger partial charge in [0.25, 0.3) is 5.56 Å². The third-order valence-electron chi connectivity index (χ3n) is 7.82. The lowest BCUT2D eigenvalue weighted by atomic mass is 9.85. The number of aromatic nitrogens is 4. The van der Waals surface area contributed by atoms with Crippen LogP contribution in [0.1, 0.15) is 32.1 Å². The molecule has 1 aliphatic carbocycles. The van der Waals surface area contributed by atoms with Gasteiger partial charge in [0.05, 0.1) is 12.1 Å². The van der Waals surface area contributed by atoms with Crippen LogP contribution >= 0.6 is 0 Å². The number of nitrogens with zero attached hydrogens (tertiary/aromatic N) is 5. The number of pyridine rings is 1. The van der Waals surface area contributed by atoms with Crippen molar-refractivity contribution in [1.29, 1.82) is 0 Å². The number of rotatable bonds is 5. The number of nitrogens with one attached hydrogen (secondary N) is 1. The molecule has 2 saturated heterocycles. The van der Waals surface area contributed by atoms with Crippen LogP contribution in [0.5, 0.6) is 5.75 Å². The van der Waals surface area contributed by atoms with Crippen LogP contribution in [0, 0.1) is 5.92 Å². The van der Waals surface area contributed by atoms with E-state index in [0.717, 1.165) is 19.3 Å². The second-order valence-electron chi connectivity index (χ2n) is 10.3. The maximum Gasteiger partial charge on any atom is 0.395 e. The third kappa shape index (κ3) is 4.45. The Morgan fingerprint density at radius 3 is 2.51 bits per heavy atom. The van der Waals surface area contributed by atoms with E-state index in [1.54, 1.807) is 36.3 Å². The number of aromatic hydroxyl groups is 1. The average Bonchev–Trinajstić information content (AvgIpc) is 3.63. The SMILES string of the molecule is Cn1ccc(-c2ccc(-c3cnc(N(C4CC4)[C@@H]4C[C@@H]5CC[C@H](N5)[C@@H]4C(F)(F)F)nn3)c(O)c2)cc1=O. The molecule has 194 valence electrons. The molecule has 0 unspecified atom stereocenters. The first-order valence-corrected chi connectivity index (χ1v) is 12.5. The highest BCUT2D eigenvalue weighted by Gasteiger charge is 2.57. The molecule has 3 aliphatic rings. The summed E-state index contributed by atoms with van der Waals surface area (Å²) in [4.78, 5) is 18.1. The van der Waals surface area contributed by atoms with Gasteiger partial charge in [0.1, 0.15) is 11.4 Å². The van der Waals surface area contributed by atoms with E-state index < -0.39 is 24.2 Å². The second-order valence-corrected chi connectivity index (χ2v) is 10.3. The van der Waals surface area contributed by atoms with Gasteiger partial charge >= 0.3 is 6.18 Å². The van der Waals surface area contributed by atoms with Crippen LogP contribution in [0.3, 0.4) is 0 Å². The molecule has 11 heteroatoms. The Balaban J connectivity index is 1.29. The molecule has 2 aliphatic heterocycles. The van der Waals surface area contributed by atoms with Crippen molar-refractivity contribution in [2.45, 2.75) is 62.4 Å². The van der Waals surface area contributed by atoms with Crippen LogP contribution in [0.4, 0.5) is 19.1 Å². The zero-order chi connectivity index (χ0) is 25.9. The highest BCUT2D eigenvalue weighted by atomic mass is 19.4. The number of hydrogen-bond acceptors (Lipinski definition) is 7. The molecule has 1 saturated carbocycles. The number of benzene rings is 1. The Morgan fingerprint density at radius 1 is 1.08 bits per heavy atom.